The van der Waals surface area contributed by atoms with E-state index in [0.717, 1.165) is 49.6 Å². The lowest BCUT2D eigenvalue weighted by atomic mass is 9.90. The summed E-state index contributed by atoms with van der Waals surface area (Å²) in [5.74, 6) is 0.287. The molecular formula is C27H36F3N7O3. The van der Waals surface area contributed by atoms with Crippen LogP contribution in [0.4, 0.5) is 23.8 Å². The van der Waals surface area contributed by atoms with Gasteiger partial charge in [0, 0.05) is 69.2 Å². The average molecular weight is 564 g/mol. The number of amides is 2. The Morgan fingerprint density at radius 2 is 1.85 bits per heavy atom. The Labute approximate surface area is 230 Å². The van der Waals surface area contributed by atoms with E-state index in [4.69, 9.17) is 5.73 Å². The molecule has 1 aromatic heterocycles. The number of ether oxygens (including phenoxy) is 1. The highest BCUT2D eigenvalue weighted by molar-refractivity contribution is 5.88. The van der Waals surface area contributed by atoms with Gasteiger partial charge in [-0.2, -0.15) is 4.98 Å². The minimum absolute atomic E-state index is 0.0658. The molecule has 218 valence electrons. The maximum Gasteiger partial charge on any atom is 0.573 e. The first kappa shape index (κ1) is 28.4. The van der Waals surface area contributed by atoms with Gasteiger partial charge in [-0.15, -0.1) is 13.2 Å². The van der Waals surface area contributed by atoms with Gasteiger partial charge in [0.1, 0.15) is 11.6 Å². The number of benzene rings is 1. The lowest BCUT2D eigenvalue weighted by molar-refractivity contribution is -0.275. The third-order valence-electron chi connectivity index (χ3n) is 7.82. The molecule has 5 rings (SSSR count). The van der Waals surface area contributed by atoms with E-state index >= 15 is 0 Å². The molecule has 2 heterocycles. The molecular weight excluding hydrogens is 527 g/mol. The summed E-state index contributed by atoms with van der Waals surface area (Å²) in [4.78, 5) is 33.1. The zero-order valence-corrected chi connectivity index (χ0v) is 22.3. The fourth-order valence-corrected chi connectivity index (χ4v) is 5.43. The van der Waals surface area contributed by atoms with Crippen molar-refractivity contribution in [1.29, 1.82) is 0 Å². The van der Waals surface area contributed by atoms with Crippen LogP contribution in [0, 0.1) is 5.92 Å². The maximum atomic E-state index is 13.4. The van der Waals surface area contributed by atoms with Gasteiger partial charge in [0.15, 0.2) is 0 Å². The second kappa shape index (κ2) is 12.1. The topological polar surface area (TPSA) is 118 Å². The first-order valence-corrected chi connectivity index (χ1v) is 13.9. The molecule has 0 radical (unpaired) electrons. The number of nitrogens with two attached hydrogens (primary N) is 1. The number of rotatable bonds is 8. The molecule has 0 bridgehead atoms. The second-order valence-corrected chi connectivity index (χ2v) is 10.9. The Morgan fingerprint density at radius 3 is 2.50 bits per heavy atom. The number of hydrogen-bond donors (Lipinski definition) is 3. The molecule has 2 amide bonds. The fraction of sp³-hybridized carbons (Fsp3) is 0.593. The van der Waals surface area contributed by atoms with Crippen LogP contribution >= 0.6 is 0 Å². The van der Waals surface area contributed by atoms with Crippen LogP contribution in [-0.2, 0) is 6.54 Å². The third-order valence-corrected chi connectivity index (χ3v) is 7.82. The number of nitrogens with one attached hydrogen (secondary N) is 2. The van der Waals surface area contributed by atoms with Gasteiger partial charge in [-0.3, -0.25) is 14.8 Å². The van der Waals surface area contributed by atoms with Crippen molar-refractivity contribution in [2.75, 3.05) is 38.0 Å². The molecule has 40 heavy (non-hydrogen) atoms. The molecule has 0 atom stereocenters. The minimum atomic E-state index is -4.90. The molecule has 0 spiro atoms. The van der Waals surface area contributed by atoms with Crippen LogP contribution in [0.5, 0.6) is 5.75 Å². The van der Waals surface area contributed by atoms with Crippen LogP contribution in [0.1, 0.15) is 44.1 Å². The Bertz CT molecular complexity index is 1240. The summed E-state index contributed by atoms with van der Waals surface area (Å²) in [5, 5.41) is 5.76. The molecule has 1 saturated heterocycles. The van der Waals surface area contributed by atoms with Gasteiger partial charge in [-0.1, -0.05) is 6.07 Å². The molecule has 4 N–H and O–H groups in total. The normalized spacial score (nSPS) is 21.9. The van der Waals surface area contributed by atoms with Crippen molar-refractivity contribution >= 4 is 11.8 Å². The number of carbonyl (C=O) groups excluding carboxylic acids is 1. The quantitative estimate of drug-likeness (QED) is 0.452. The van der Waals surface area contributed by atoms with E-state index in [1.165, 1.54) is 18.3 Å². The SMILES string of the molecule is NC1CCC(N(Cc2ccc(-n3ccc(NC(=O)N4CCNCC4)nc3=O)cc2OC(F)(F)F)CC2CC2)CC1. The molecule has 3 fully saturated rings. The van der Waals surface area contributed by atoms with E-state index in [1.807, 2.05) is 0 Å². The van der Waals surface area contributed by atoms with Crippen molar-refractivity contribution in [3.8, 4) is 11.4 Å². The second-order valence-electron chi connectivity index (χ2n) is 10.9. The predicted octanol–water partition coefficient (Wildman–Crippen LogP) is 3.05. The number of halogens is 3. The number of aromatic nitrogens is 2. The summed E-state index contributed by atoms with van der Waals surface area (Å²) in [5.41, 5.74) is 5.93. The molecule has 1 aliphatic heterocycles. The van der Waals surface area contributed by atoms with Crippen LogP contribution in [-0.4, -0.2) is 76.6 Å². The lowest BCUT2D eigenvalue weighted by Gasteiger charge is -2.36. The largest absolute Gasteiger partial charge is 0.573 e. The van der Waals surface area contributed by atoms with Crippen molar-refractivity contribution in [3.05, 3.63) is 46.5 Å². The van der Waals surface area contributed by atoms with Crippen LogP contribution in [0.15, 0.2) is 35.3 Å². The number of carbonyl (C=O) groups is 1. The van der Waals surface area contributed by atoms with Crippen molar-refractivity contribution in [2.24, 2.45) is 11.7 Å². The van der Waals surface area contributed by atoms with Crippen LogP contribution in [0.3, 0.4) is 0 Å². The Balaban J connectivity index is 1.36. The van der Waals surface area contributed by atoms with Crippen molar-refractivity contribution in [2.45, 2.75) is 63.5 Å². The highest BCUT2D eigenvalue weighted by Crippen LogP contribution is 2.35. The Kier molecular flexibility index (Phi) is 8.62. The Hall–Kier alpha value is -3.16. The van der Waals surface area contributed by atoms with Crippen molar-refractivity contribution in [1.82, 2.24) is 24.7 Å². The molecule has 13 heteroatoms. The highest BCUT2D eigenvalue weighted by Gasteiger charge is 2.34. The third kappa shape index (κ3) is 7.52. The summed E-state index contributed by atoms with van der Waals surface area (Å²) in [6.07, 6.45) is 2.38. The first-order chi connectivity index (χ1) is 19.1. The lowest BCUT2D eigenvalue weighted by Crippen LogP contribution is -2.48. The summed E-state index contributed by atoms with van der Waals surface area (Å²) >= 11 is 0. The predicted molar refractivity (Wildman–Crippen MR) is 143 cm³/mol. The summed E-state index contributed by atoms with van der Waals surface area (Å²) in [7, 11) is 0. The van der Waals surface area contributed by atoms with Gasteiger partial charge in [-0.25, -0.2) is 9.59 Å². The first-order valence-electron chi connectivity index (χ1n) is 13.9. The minimum Gasteiger partial charge on any atom is -0.405 e. The maximum absolute atomic E-state index is 13.4. The fourth-order valence-electron chi connectivity index (χ4n) is 5.43. The van der Waals surface area contributed by atoms with Gasteiger partial charge >= 0.3 is 18.1 Å². The van der Waals surface area contributed by atoms with Gasteiger partial charge in [0.25, 0.3) is 0 Å². The standard InChI is InChI=1S/C27H36F3N7O3/c28-27(29,30)40-23-15-22(37-12-9-24(34-26(37)39)33-25(38)35-13-10-32-11-14-35)6-3-19(23)17-36(16-18-1-2-18)21-7-4-20(31)5-8-21/h3,6,9,12,15,18,20-21,32H,1-2,4-5,7-8,10-11,13-14,16-17,31H2,(H,33,34,38,39). The van der Waals surface area contributed by atoms with Crippen LogP contribution in [0.2, 0.25) is 0 Å². The number of hydrogen-bond acceptors (Lipinski definition) is 7. The van der Waals surface area contributed by atoms with Crippen LogP contribution in [0.25, 0.3) is 5.69 Å². The van der Waals surface area contributed by atoms with E-state index in [0.29, 0.717) is 44.2 Å². The van der Waals surface area contributed by atoms with Crippen molar-refractivity contribution in [3.63, 3.8) is 0 Å². The van der Waals surface area contributed by atoms with E-state index in [2.05, 4.69) is 25.3 Å². The molecule has 2 saturated carbocycles. The number of anilines is 1. The van der Waals surface area contributed by atoms with E-state index in [9.17, 15) is 22.8 Å². The zero-order valence-electron chi connectivity index (χ0n) is 22.3. The Morgan fingerprint density at radius 1 is 1.12 bits per heavy atom. The number of alkyl halides is 3. The molecule has 2 aliphatic carbocycles. The number of nitrogens with zero attached hydrogens (tertiary/aromatic N) is 4. The number of piperazine rings is 1. The molecule has 1 aromatic carbocycles. The van der Waals surface area contributed by atoms with Crippen molar-refractivity contribution < 1.29 is 22.7 Å². The van der Waals surface area contributed by atoms with Gasteiger partial charge in [-0.05, 0) is 56.6 Å². The molecule has 0 unspecified atom stereocenters. The van der Waals surface area contributed by atoms with E-state index in [1.54, 1.807) is 17.0 Å². The van der Waals surface area contributed by atoms with Gasteiger partial charge in [0.2, 0.25) is 0 Å². The summed E-state index contributed by atoms with van der Waals surface area (Å²) < 4.78 is 45.9. The van der Waals surface area contributed by atoms with E-state index < -0.39 is 12.1 Å². The zero-order chi connectivity index (χ0) is 28.3. The van der Waals surface area contributed by atoms with Crippen LogP contribution < -0.4 is 26.8 Å². The highest BCUT2D eigenvalue weighted by atomic mass is 19.4. The molecule has 2 aromatic rings. The number of urea groups is 1. The van der Waals surface area contributed by atoms with Gasteiger partial charge < -0.3 is 20.7 Å². The van der Waals surface area contributed by atoms with E-state index in [-0.39, 0.29) is 35.4 Å². The van der Waals surface area contributed by atoms with Gasteiger partial charge in [0.05, 0.1) is 5.69 Å². The summed E-state index contributed by atoms with van der Waals surface area (Å²) in [6.45, 7) is 3.55. The molecule has 10 nitrogen and oxygen atoms in total. The summed E-state index contributed by atoms with van der Waals surface area (Å²) in [6, 6.07) is 5.89. The average Bonchev–Trinajstić information content (AvgIpc) is 3.74. The smallest absolute Gasteiger partial charge is 0.405 e. The monoisotopic (exact) mass is 563 g/mol. The molecule has 3 aliphatic rings.